The SMILES string of the molecule is CCCCC(NC(=O)[C@@H]1C[C@@H](OCc2ccccc2)CN1C(=O)C(NC(=O)C1CCCC[C@@H]1C(=O)c1ccccc1)C1CCCCC1)C(=O)C(=O)NCC(=O)NC(C(N)=O)c1ccccc1. The average molecular weight is 905 g/mol. The molecular weight excluding hydrogens is 841 g/mol. The van der Waals surface area contributed by atoms with Crippen LogP contribution in [0.3, 0.4) is 0 Å². The summed E-state index contributed by atoms with van der Waals surface area (Å²) in [7, 11) is 0. The largest absolute Gasteiger partial charge is 0.372 e. The summed E-state index contributed by atoms with van der Waals surface area (Å²) < 4.78 is 6.32. The van der Waals surface area contributed by atoms with E-state index in [-0.39, 0.29) is 43.6 Å². The minimum atomic E-state index is -1.29. The highest BCUT2D eigenvalue weighted by atomic mass is 16.5. The van der Waals surface area contributed by atoms with E-state index >= 15 is 4.79 Å². The number of rotatable bonds is 21. The smallest absolute Gasteiger partial charge is 0.290 e. The van der Waals surface area contributed by atoms with Crippen molar-refractivity contribution in [1.82, 2.24) is 26.2 Å². The summed E-state index contributed by atoms with van der Waals surface area (Å²) >= 11 is 0. The van der Waals surface area contributed by atoms with Crippen LogP contribution in [0.1, 0.15) is 118 Å². The molecule has 352 valence electrons. The molecule has 1 saturated heterocycles. The number of hydrogen-bond acceptors (Lipinski definition) is 9. The minimum absolute atomic E-state index is 0.0415. The molecule has 15 nitrogen and oxygen atoms in total. The van der Waals surface area contributed by atoms with E-state index in [0.29, 0.717) is 49.7 Å². The second kappa shape index (κ2) is 24.3. The molecule has 6 amide bonds. The number of nitrogens with one attached hydrogen (secondary N) is 4. The van der Waals surface area contributed by atoms with Gasteiger partial charge in [0.1, 0.15) is 18.1 Å². The normalized spacial score (nSPS) is 21.1. The van der Waals surface area contributed by atoms with Gasteiger partial charge >= 0.3 is 0 Å². The lowest BCUT2D eigenvalue weighted by Crippen LogP contribution is -2.59. The van der Waals surface area contributed by atoms with Gasteiger partial charge in [0.25, 0.3) is 5.91 Å². The molecule has 1 aliphatic heterocycles. The number of nitrogens with zero attached hydrogens (tertiary/aromatic N) is 1. The average Bonchev–Trinajstić information content (AvgIpc) is 3.79. The Balaban J connectivity index is 1.19. The molecule has 66 heavy (non-hydrogen) atoms. The molecule has 0 spiro atoms. The predicted octanol–water partition coefficient (Wildman–Crippen LogP) is 4.63. The Kier molecular flexibility index (Phi) is 18.2. The molecule has 15 heteroatoms. The van der Waals surface area contributed by atoms with E-state index in [9.17, 15) is 33.6 Å². The molecular formula is C51H64N6O9. The second-order valence-electron chi connectivity index (χ2n) is 17.8. The predicted molar refractivity (Wildman–Crippen MR) is 246 cm³/mol. The highest BCUT2D eigenvalue weighted by molar-refractivity contribution is 6.38. The number of nitrogens with two attached hydrogens (primary N) is 1. The monoisotopic (exact) mass is 904 g/mol. The van der Waals surface area contributed by atoms with Crippen molar-refractivity contribution >= 4 is 47.0 Å². The fourth-order valence-electron chi connectivity index (χ4n) is 9.59. The summed E-state index contributed by atoms with van der Waals surface area (Å²) in [5.74, 6) is -6.56. The van der Waals surface area contributed by atoms with Crippen molar-refractivity contribution in [2.24, 2.45) is 23.5 Å². The zero-order chi connectivity index (χ0) is 47.0. The van der Waals surface area contributed by atoms with Crippen molar-refractivity contribution in [3.8, 4) is 0 Å². The number of primary amides is 1. The molecule has 0 bridgehead atoms. The number of hydrogen-bond donors (Lipinski definition) is 5. The van der Waals surface area contributed by atoms with E-state index < -0.39 is 84.0 Å². The summed E-state index contributed by atoms with van der Waals surface area (Å²) in [6.07, 6.45) is 7.55. The Morgan fingerprint density at radius 3 is 2.00 bits per heavy atom. The molecule has 3 aromatic rings. The van der Waals surface area contributed by atoms with Gasteiger partial charge in [-0.05, 0) is 49.1 Å². The van der Waals surface area contributed by atoms with Gasteiger partial charge in [-0.1, -0.05) is 143 Å². The summed E-state index contributed by atoms with van der Waals surface area (Å²) in [5, 5.41) is 10.7. The Bertz CT molecular complexity index is 2150. The van der Waals surface area contributed by atoms with Crippen LogP contribution in [0.15, 0.2) is 91.0 Å². The molecule has 6 N–H and O–H groups in total. The first-order valence-electron chi connectivity index (χ1n) is 23.6. The summed E-state index contributed by atoms with van der Waals surface area (Å²) in [6.45, 7) is 1.52. The highest BCUT2D eigenvalue weighted by Crippen LogP contribution is 2.35. The minimum Gasteiger partial charge on any atom is -0.372 e. The van der Waals surface area contributed by atoms with E-state index in [2.05, 4.69) is 21.3 Å². The number of likely N-dealkylation sites (tertiary alicyclic amines) is 1. The van der Waals surface area contributed by atoms with Crippen molar-refractivity contribution in [2.45, 2.75) is 127 Å². The van der Waals surface area contributed by atoms with Crippen LogP contribution in [0, 0.1) is 17.8 Å². The third kappa shape index (κ3) is 13.2. The van der Waals surface area contributed by atoms with Crippen molar-refractivity contribution in [2.75, 3.05) is 13.1 Å². The van der Waals surface area contributed by atoms with Crippen molar-refractivity contribution < 1.29 is 43.1 Å². The highest BCUT2D eigenvalue weighted by Gasteiger charge is 2.46. The maximum Gasteiger partial charge on any atom is 0.290 e. The topological polar surface area (TPSA) is 223 Å². The number of unbranched alkanes of at least 4 members (excludes halogenated alkanes) is 1. The van der Waals surface area contributed by atoms with E-state index in [1.54, 1.807) is 54.6 Å². The summed E-state index contributed by atoms with van der Waals surface area (Å²) in [5.41, 5.74) is 7.42. The summed E-state index contributed by atoms with van der Waals surface area (Å²) in [4.78, 5) is 111. The fourth-order valence-corrected chi connectivity index (χ4v) is 9.59. The molecule has 2 aliphatic carbocycles. The lowest BCUT2D eigenvalue weighted by Gasteiger charge is -2.37. The number of carbonyl (C=O) groups excluding carboxylic acids is 8. The Hall–Kier alpha value is -6.22. The van der Waals surface area contributed by atoms with Crippen molar-refractivity contribution in [3.05, 3.63) is 108 Å². The molecule has 6 rings (SSSR count). The molecule has 3 aliphatic rings. The van der Waals surface area contributed by atoms with Crippen LogP contribution in [0.5, 0.6) is 0 Å². The Labute approximate surface area is 386 Å². The number of ketones is 2. The van der Waals surface area contributed by atoms with Crippen molar-refractivity contribution in [3.63, 3.8) is 0 Å². The van der Waals surface area contributed by atoms with Gasteiger partial charge in [0, 0.05) is 30.4 Å². The first-order chi connectivity index (χ1) is 31.9. The quantitative estimate of drug-likeness (QED) is 0.0742. The number of carbonyl (C=O) groups is 8. The van der Waals surface area contributed by atoms with Crippen LogP contribution in [0.4, 0.5) is 0 Å². The molecule has 0 aromatic heterocycles. The first kappa shape index (κ1) is 49.2. The van der Waals surface area contributed by atoms with E-state index in [0.717, 1.165) is 37.7 Å². The lowest BCUT2D eigenvalue weighted by molar-refractivity contribution is -0.145. The van der Waals surface area contributed by atoms with Gasteiger partial charge in [-0.15, -0.1) is 0 Å². The van der Waals surface area contributed by atoms with Crippen LogP contribution >= 0.6 is 0 Å². The third-order valence-electron chi connectivity index (χ3n) is 13.2. The molecule has 0 radical (unpaired) electrons. The Morgan fingerprint density at radius 1 is 0.727 bits per heavy atom. The molecule has 4 unspecified atom stereocenters. The first-order valence-corrected chi connectivity index (χ1v) is 23.6. The zero-order valence-corrected chi connectivity index (χ0v) is 37.8. The van der Waals surface area contributed by atoms with E-state index in [1.165, 1.54) is 4.90 Å². The molecule has 3 fully saturated rings. The van der Waals surface area contributed by atoms with Crippen LogP contribution in [-0.2, 0) is 44.9 Å². The number of ether oxygens (including phenoxy) is 1. The van der Waals surface area contributed by atoms with Gasteiger partial charge in [0.2, 0.25) is 35.3 Å². The van der Waals surface area contributed by atoms with E-state index in [1.807, 2.05) is 43.3 Å². The van der Waals surface area contributed by atoms with Gasteiger partial charge in [-0.3, -0.25) is 38.4 Å². The second-order valence-corrected chi connectivity index (χ2v) is 17.8. The van der Waals surface area contributed by atoms with Crippen molar-refractivity contribution in [1.29, 1.82) is 0 Å². The maximum atomic E-state index is 15.1. The van der Waals surface area contributed by atoms with E-state index in [4.69, 9.17) is 10.5 Å². The van der Waals surface area contributed by atoms with Gasteiger partial charge < -0.3 is 36.6 Å². The van der Waals surface area contributed by atoms with Crippen LogP contribution in [0.2, 0.25) is 0 Å². The van der Waals surface area contributed by atoms with Crippen LogP contribution in [-0.4, -0.2) is 89.2 Å². The van der Waals surface area contributed by atoms with Gasteiger partial charge in [0.05, 0.1) is 25.3 Å². The molecule has 2 saturated carbocycles. The van der Waals surface area contributed by atoms with Gasteiger partial charge in [-0.2, -0.15) is 0 Å². The zero-order valence-electron chi connectivity index (χ0n) is 37.8. The lowest BCUT2D eigenvalue weighted by atomic mass is 9.74. The summed E-state index contributed by atoms with van der Waals surface area (Å²) in [6, 6.07) is 22.2. The number of benzene rings is 3. The molecule has 3 aromatic carbocycles. The van der Waals surface area contributed by atoms with Gasteiger partial charge in [0.15, 0.2) is 5.78 Å². The molecule has 1 heterocycles. The van der Waals surface area contributed by atoms with Crippen LogP contribution < -0.4 is 27.0 Å². The number of Topliss-reactive ketones (excluding diaryl/α,β-unsaturated/α-hetero) is 2. The fraction of sp³-hybridized carbons (Fsp3) is 0.490. The maximum absolute atomic E-state index is 15.1. The number of amides is 6. The molecule has 7 atom stereocenters. The standard InChI is InChI=1S/C51H64N6O9/c1-2-3-28-40(46(60)50(64)53-30-42(58)55-43(47(52)61)34-20-10-5-11-21-34)54-49(63)41-29-37(66-32-33-18-8-4-9-19-33)31-57(41)51(65)44(35-22-12-6-13-23-35)56-48(62)39-27-17-16-26-38(39)45(59)36-24-14-7-15-25-36/h4-5,7-11,14-15,18-21,24-25,35,37-41,43-44H,2-3,6,12-13,16-17,22-23,26-32H2,1H3,(H2,52,61)(H,53,64)(H,54,63)(H,55,58)(H,56,62)/t37-,38+,39?,40?,41+,43?,44?/m1/s1. The Morgan fingerprint density at radius 2 is 1.35 bits per heavy atom. The third-order valence-corrected chi connectivity index (χ3v) is 13.2. The van der Waals surface area contributed by atoms with Gasteiger partial charge in [-0.25, -0.2) is 0 Å². The van der Waals surface area contributed by atoms with Crippen LogP contribution in [0.25, 0.3) is 0 Å².